The molecule has 0 radical (unpaired) electrons. The summed E-state index contributed by atoms with van der Waals surface area (Å²) in [4.78, 5) is 16.4. The minimum absolute atomic E-state index is 0.0746. The van der Waals surface area contributed by atoms with Gasteiger partial charge in [0.15, 0.2) is 11.5 Å². The van der Waals surface area contributed by atoms with E-state index in [9.17, 15) is 4.79 Å². The zero-order chi connectivity index (χ0) is 17.8. The van der Waals surface area contributed by atoms with Crippen molar-refractivity contribution in [3.63, 3.8) is 0 Å². The Morgan fingerprint density at radius 1 is 0.962 bits per heavy atom. The number of aromatic nitrogens is 1. The highest BCUT2D eigenvalue weighted by Crippen LogP contribution is 2.34. The molecule has 0 fully saturated rings. The Morgan fingerprint density at radius 3 is 2.58 bits per heavy atom. The van der Waals surface area contributed by atoms with Crippen LogP contribution in [0.3, 0.4) is 0 Å². The quantitative estimate of drug-likeness (QED) is 0.736. The van der Waals surface area contributed by atoms with Gasteiger partial charge in [-0.05, 0) is 29.8 Å². The minimum Gasteiger partial charge on any atom is -0.454 e. The number of anilines is 3. The van der Waals surface area contributed by atoms with Crippen molar-refractivity contribution in [2.45, 2.75) is 6.42 Å². The predicted molar refractivity (Wildman–Crippen MR) is 98.9 cm³/mol. The molecular weight excluding hydrogens is 330 g/mol. The molecule has 1 aromatic heterocycles. The molecule has 26 heavy (non-hydrogen) atoms. The van der Waals surface area contributed by atoms with E-state index in [-0.39, 0.29) is 12.7 Å². The zero-order valence-electron chi connectivity index (χ0n) is 13.9. The minimum atomic E-state index is -0.0746. The van der Waals surface area contributed by atoms with Gasteiger partial charge in [-0.3, -0.25) is 4.79 Å². The number of nitrogens with one attached hydrogen (secondary N) is 2. The van der Waals surface area contributed by atoms with Crippen LogP contribution in [0.4, 0.5) is 17.2 Å². The van der Waals surface area contributed by atoms with E-state index in [1.165, 1.54) is 0 Å². The number of hydrogen-bond acceptors (Lipinski definition) is 5. The van der Waals surface area contributed by atoms with E-state index in [1.807, 2.05) is 60.7 Å². The Bertz CT molecular complexity index is 911. The lowest BCUT2D eigenvalue weighted by Gasteiger charge is -2.08. The van der Waals surface area contributed by atoms with Crippen molar-refractivity contribution < 1.29 is 14.3 Å². The fourth-order valence-corrected chi connectivity index (χ4v) is 2.65. The summed E-state index contributed by atoms with van der Waals surface area (Å²) in [5.41, 5.74) is 2.48. The molecule has 2 heterocycles. The zero-order valence-corrected chi connectivity index (χ0v) is 13.9. The lowest BCUT2D eigenvalue weighted by Crippen LogP contribution is -2.14. The van der Waals surface area contributed by atoms with Crippen LogP contribution in [0.2, 0.25) is 0 Å². The SMILES string of the molecule is O=C(Cc1ccccc1)Nc1ccc(Nc2ccc3c(c2)OCO3)nc1. The second-order valence-electron chi connectivity index (χ2n) is 5.84. The summed E-state index contributed by atoms with van der Waals surface area (Å²) in [6.07, 6.45) is 1.95. The van der Waals surface area contributed by atoms with Crippen molar-refractivity contribution in [2.24, 2.45) is 0 Å². The standard InChI is InChI=1S/C20H17N3O3/c24-20(10-14-4-2-1-3-5-14)23-16-7-9-19(21-12-16)22-15-6-8-17-18(11-15)26-13-25-17/h1-9,11-12H,10,13H2,(H,21,22)(H,23,24). The molecule has 0 saturated carbocycles. The maximum absolute atomic E-state index is 12.1. The number of carbonyl (C=O) groups excluding carboxylic acids is 1. The third-order valence-electron chi connectivity index (χ3n) is 3.90. The molecule has 6 nitrogen and oxygen atoms in total. The number of rotatable bonds is 5. The van der Waals surface area contributed by atoms with E-state index in [0.29, 0.717) is 23.7 Å². The van der Waals surface area contributed by atoms with Crippen LogP contribution in [0.1, 0.15) is 5.56 Å². The van der Waals surface area contributed by atoms with Gasteiger partial charge in [0.05, 0.1) is 18.3 Å². The molecule has 2 aromatic carbocycles. The molecule has 6 heteroatoms. The van der Waals surface area contributed by atoms with E-state index >= 15 is 0 Å². The van der Waals surface area contributed by atoms with Crippen LogP contribution in [0.5, 0.6) is 11.5 Å². The molecule has 2 N–H and O–H groups in total. The normalized spacial score (nSPS) is 11.8. The van der Waals surface area contributed by atoms with Gasteiger partial charge in [0.1, 0.15) is 5.82 Å². The molecule has 130 valence electrons. The fourth-order valence-electron chi connectivity index (χ4n) is 2.65. The second-order valence-corrected chi connectivity index (χ2v) is 5.84. The van der Waals surface area contributed by atoms with E-state index in [0.717, 1.165) is 17.0 Å². The first kappa shape index (κ1) is 16.0. The van der Waals surface area contributed by atoms with Gasteiger partial charge in [-0.2, -0.15) is 0 Å². The summed E-state index contributed by atoms with van der Waals surface area (Å²) in [6.45, 7) is 0.244. The van der Waals surface area contributed by atoms with Crippen LogP contribution >= 0.6 is 0 Å². The summed E-state index contributed by atoms with van der Waals surface area (Å²) >= 11 is 0. The van der Waals surface area contributed by atoms with Crippen molar-refractivity contribution >= 4 is 23.1 Å². The molecule has 0 unspecified atom stereocenters. The summed E-state index contributed by atoms with van der Waals surface area (Å²) in [7, 11) is 0. The Labute approximate surface area is 150 Å². The lowest BCUT2D eigenvalue weighted by atomic mass is 10.1. The van der Waals surface area contributed by atoms with Gasteiger partial charge in [0.2, 0.25) is 12.7 Å². The van der Waals surface area contributed by atoms with Gasteiger partial charge in [-0.15, -0.1) is 0 Å². The molecule has 1 amide bonds. The van der Waals surface area contributed by atoms with Crippen molar-refractivity contribution in [3.05, 3.63) is 72.4 Å². The number of pyridine rings is 1. The monoisotopic (exact) mass is 347 g/mol. The number of hydrogen-bond donors (Lipinski definition) is 2. The Kier molecular flexibility index (Phi) is 4.38. The maximum atomic E-state index is 12.1. The highest BCUT2D eigenvalue weighted by molar-refractivity contribution is 5.92. The number of fused-ring (bicyclic) bond motifs is 1. The van der Waals surface area contributed by atoms with Crippen LogP contribution < -0.4 is 20.1 Å². The molecular formula is C20H17N3O3. The fraction of sp³-hybridized carbons (Fsp3) is 0.100. The molecule has 4 rings (SSSR count). The van der Waals surface area contributed by atoms with Crippen molar-refractivity contribution in [1.82, 2.24) is 4.98 Å². The third-order valence-corrected chi connectivity index (χ3v) is 3.90. The highest BCUT2D eigenvalue weighted by Gasteiger charge is 2.13. The first-order valence-corrected chi connectivity index (χ1v) is 8.23. The Hall–Kier alpha value is -3.54. The van der Waals surface area contributed by atoms with E-state index < -0.39 is 0 Å². The van der Waals surface area contributed by atoms with Gasteiger partial charge in [-0.25, -0.2) is 4.98 Å². The smallest absolute Gasteiger partial charge is 0.231 e. The van der Waals surface area contributed by atoms with E-state index in [2.05, 4.69) is 15.6 Å². The number of carbonyl (C=O) groups is 1. The number of amides is 1. The lowest BCUT2D eigenvalue weighted by molar-refractivity contribution is -0.115. The van der Waals surface area contributed by atoms with Crippen molar-refractivity contribution in [2.75, 3.05) is 17.4 Å². The molecule has 0 atom stereocenters. The molecule has 0 aliphatic carbocycles. The molecule has 0 spiro atoms. The average Bonchev–Trinajstić information content (AvgIpc) is 3.12. The molecule has 0 bridgehead atoms. The number of nitrogens with zero attached hydrogens (tertiary/aromatic N) is 1. The van der Waals surface area contributed by atoms with Crippen LogP contribution in [-0.2, 0) is 11.2 Å². The van der Waals surface area contributed by atoms with Crippen molar-refractivity contribution in [1.29, 1.82) is 0 Å². The molecule has 0 saturated heterocycles. The van der Waals surface area contributed by atoms with Crippen LogP contribution in [0, 0.1) is 0 Å². The number of ether oxygens (including phenoxy) is 2. The van der Waals surface area contributed by atoms with Gasteiger partial charge < -0.3 is 20.1 Å². The topological polar surface area (TPSA) is 72.5 Å². The maximum Gasteiger partial charge on any atom is 0.231 e. The Balaban J connectivity index is 1.36. The van der Waals surface area contributed by atoms with Gasteiger partial charge in [-0.1, -0.05) is 30.3 Å². The van der Waals surface area contributed by atoms with Crippen LogP contribution in [0.15, 0.2) is 66.9 Å². The largest absolute Gasteiger partial charge is 0.454 e. The van der Waals surface area contributed by atoms with Gasteiger partial charge >= 0.3 is 0 Å². The van der Waals surface area contributed by atoms with Gasteiger partial charge in [0.25, 0.3) is 0 Å². The van der Waals surface area contributed by atoms with Crippen LogP contribution in [-0.4, -0.2) is 17.7 Å². The summed E-state index contributed by atoms with van der Waals surface area (Å²) in [5, 5.41) is 6.04. The first-order chi connectivity index (χ1) is 12.8. The summed E-state index contributed by atoms with van der Waals surface area (Å²) in [5.74, 6) is 2.04. The average molecular weight is 347 g/mol. The second kappa shape index (κ2) is 7.14. The third kappa shape index (κ3) is 3.75. The summed E-state index contributed by atoms with van der Waals surface area (Å²) in [6, 6.07) is 18.8. The van der Waals surface area contributed by atoms with E-state index in [1.54, 1.807) is 6.20 Å². The van der Waals surface area contributed by atoms with E-state index in [4.69, 9.17) is 9.47 Å². The predicted octanol–water partition coefficient (Wildman–Crippen LogP) is 3.74. The van der Waals surface area contributed by atoms with Gasteiger partial charge in [0, 0.05) is 11.8 Å². The van der Waals surface area contributed by atoms with Crippen LogP contribution in [0.25, 0.3) is 0 Å². The summed E-state index contributed by atoms with van der Waals surface area (Å²) < 4.78 is 10.7. The number of benzene rings is 2. The first-order valence-electron chi connectivity index (χ1n) is 8.23. The molecule has 3 aromatic rings. The highest BCUT2D eigenvalue weighted by atomic mass is 16.7. The molecule has 1 aliphatic heterocycles. The Morgan fingerprint density at radius 2 is 1.77 bits per heavy atom. The van der Waals surface area contributed by atoms with Crippen molar-refractivity contribution in [3.8, 4) is 11.5 Å². The molecule has 1 aliphatic rings.